The Morgan fingerprint density at radius 2 is 1.68 bits per heavy atom. The molecule has 0 aliphatic heterocycles. The number of nitrogens with one attached hydrogen (secondary N) is 2. The van der Waals surface area contributed by atoms with E-state index in [1.54, 1.807) is 25.3 Å². The van der Waals surface area contributed by atoms with Crippen molar-refractivity contribution in [2.45, 2.75) is 13.0 Å². The zero-order valence-corrected chi connectivity index (χ0v) is 14.5. The molecule has 2 N–H and O–H groups in total. The third kappa shape index (κ3) is 4.77. The maximum atomic E-state index is 5.96. The molecule has 0 saturated heterocycles. The van der Waals surface area contributed by atoms with Gasteiger partial charge in [0.1, 0.15) is 5.75 Å². The first kappa shape index (κ1) is 16.9. The standard InChI is InChI=1S/C16H16Cl2N2OS/c1-10(11-3-5-15(21-2)6-4-11)19-16(22)20-14-8-12(17)7-13(18)9-14/h3-10H,1-2H3,(H2,19,20,22). The number of halogens is 2. The van der Waals surface area contributed by atoms with Crippen LogP contribution >= 0.6 is 35.4 Å². The quantitative estimate of drug-likeness (QED) is 0.752. The van der Waals surface area contributed by atoms with Gasteiger partial charge in [0.15, 0.2) is 5.11 Å². The van der Waals surface area contributed by atoms with Crippen LogP contribution in [0.4, 0.5) is 5.69 Å². The molecule has 0 spiro atoms. The maximum absolute atomic E-state index is 5.96. The highest BCUT2D eigenvalue weighted by atomic mass is 35.5. The number of rotatable bonds is 4. The predicted octanol–water partition coefficient (Wildman–Crippen LogP) is 5.05. The lowest BCUT2D eigenvalue weighted by atomic mass is 10.1. The summed E-state index contributed by atoms with van der Waals surface area (Å²) in [6.07, 6.45) is 0. The lowest BCUT2D eigenvalue weighted by Crippen LogP contribution is -2.30. The maximum Gasteiger partial charge on any atom is 0.171 e. The molecule has 0 fully saturated rings. The van der Waals surface area contributed by atoms with Crippen LogP contribution in [0.3, 0.4) is 0 Å². The lowest BCUT2D eigenvalue weighted by molar-refractivity contribution is 0.414. The van der Waals surface area contributed by atoms with Gasteiger partial charge in [0.25, 0.3) is 0 Å². The summed E-state index contributed by atoms with van der Waals surface area (Å²) in [7, 11) is 1.64. The highest BCUT2D eigenvalue weighted by Crippen LogP contribution is 2.23. The molecule has 0 heterocycles. The van der Waals surface area contributed by atoms with Crippen molar-refractivity contribution in [2.75, 3.05) is 12.4 Å². The monoisotopic (exact) mass is 354 g/mol. The molecule has 0 aliphatic rings. The van der Waals surface area contributed by atoms with Crippen molar-refractivity contribution < 1.29 is 4.74 Å². The first-order chi connectivity index (χ1) is 10.5. The van der Waals surface area contributed by atoms with Crippen LogP contribution in [0.2, 0.25) is 10.0 Å². The van der Waals surface area contributed by atoms with E-state index in [9.17, 15) is 0 Å². The topological polar surface area (TPSA) is 33.3 Å². The van der Waals surface area contributed by atoms with Gasteiger partial charge in [-0.3, -0.25) is 0 Å². The minimum atomic E-state index is 0.0561. The molecule has 0 saturated carbocycles. The third-order valence-electron chi connectivity index (χ3n) is 3.08. The lowest BCUT2D eigenvalue weighted by Gasteiger charge is -2.18. The van der Waals surface area contributed by atoms with E-state index in [1.165, 1.54) is 0 Å². The van der Waals surface area contributed by atoms with Crippen LogP contribution in [0.5, 0.6) is 5.75 Å². The van der Waals surface area contributed by atoms with Crippen molar-refractivity contribution in [3.8, 4) is 5.75 Å². The fourth-order valence-corrected chi connectivity index (χ4v) is 2.79. The van der Waals surface area contributed by atoms with Gasteiger partial charge in [0, 0.05) is 15.7 Å². The second-order valence-electron chi connectivity index (χ2n) is 4.75. The average Bonchev–Trinajstić information content (AvgIpc) is 2.46. The highest BCUT2D eigenvalue weighted by Gasteiger charge is 2.08. The smallest absolute Gasteiger partial charge is 0.171 e. The van der Waals surface area contributed by atoms with Crippen molar-refractivity contribution >= 4 is 46.2 Å². The summed E-state index contributed by atoms with van der Waals surface area (Å²) in [5.41, 5.74) is 1.85. The molecule has 0 radical (unpaired) electrons. The van der Waals surface area contributed by atoms with Crippen molar-refractivity contribution in [1.29, 1.82) is 0 Å². The van der Waals surface area contributed by atoms with E-state index in [0.717, 1.165) is 17.0 Å². The van der Waals surface area contributed by atoms with Gasteiger partial charge < -0.3 is 15.4 Å². The summed E-state index contributed by atoms with van der Waals surface area (Å²) in [5, 5.41) is 7.90. The molecule has 1 unspecified atom stereocenters. The highest BCUT2D eigenvalue weighted by molar-refractivity contribution is 7.80. The summed E-state index contributed by atoms with van der Waals surface area (Å²) in [4.78, 5) is 0. The second kappa shape index (κ2) is 7.68. The number of thiocarbonyl (C=S) groups is 1. The normalized spacial score (nSPS) is 11.6. The summed E-state index contributed by atoms with van der Waals surface area (Å²) in [6.45, 7) is 2.03. The molecular formula is C16H16Cl2N2OS. The predicted molar refractivity (Wildman–Crippen MR) is 97.2 cm³/mol. The molecule has 0 aliphatic carbocycles. The number of methoxy groups -OCH3 is 1. The Hall–Kier alpha value is -1.49. The molecular weight excluding hydrogens is 339 g/mol. The van der Waals surface area contributed by atoms with Gasteiger partial charge in [-0.25, -0.2) is 0 Å². The zero-order chi connectivity index (χ0) is 16.1. The Balaban J connectivity index is 1.98. The number of hydrogen-bond donors (Lipinski definition) is 2. The Kier molecular flexibility index (Phi) is 5.89. The van der Waals surface area contributed by atoms with Crippen LogP contribution in [0, 0.1) is 0 Å². The van der Waals surface area contributed by atoms with Gasteiger partial charge in [-0.15, -0.1) is 0 Å². The average molecular weight is 355 g/mol. The minimum Gasteiger partial charge on any atom is -0.497 e. The molecule has 0 bridgehead atoms. The van der Waals surface area contributed by atoms with Gasteiger partial charge in [-0.05, 0) is 55.0 Å². The number of ether oxygens (including phenoxy) is 1. The SMILES string of the molecule is COc1ccc(C(C)NC(=S)Nc2cc(Cl)cc(Cl)c2)cc1. The number of hydrogen-bond acceptors (Lipinski definition) is 2. The van der Waals surface area contributed by atoms with Gasteiger partial charge in [-0.2, -0.15) is 0 Å². The van der Waals surface area contributed by atoms with E-state index < -0.39 is 0 Å². The molecule has 6 heteroatoms. The van der Waals surface area contributed by atoms with Crippen molar-refractivity contribution in [2.24, 2.45) is 0 Å². The van der Waals surface area contributed by atoms with Crippen molar-refractivity contribution in [3.63, 3.8) is 0 Å². The van der Waals surface area contributed by atoms with Crippen LogP contribution in [-0.4, -0.2) is 12.2 Å². The van der Waals surface area contributed by atoms with Crippen LogP contribution in [0.1, 0.15) is 18.5 Å². The first-order valence-corrected chi connectivity index (χ1v) is 7.82. The number of benzene rings is 2. The van der Waals surface area contributed by atoms with E-state index >= 15 is 0 Å². The van der Waals surface area contributed by atoms with E-state index in [1.807, 2.05) is 31.2 Å². The molecule has 0 amide bonds. The van der Waals surface area contributed by atoms with Crippen molar-refractivity contribution in [1.82, 2.24) is 5.32 Å². The summed E-state index contributed by atoms with van der Waals surface area (Å²) in [5.74, 6) is 0.824. The Labute approximate surface area is 145 Å². The Bertz CT molecular complexity index is 641. The molecule has 3 nitrogen and oxygen atoms in total. The van der Waals surface area contributed by atoms with Crippen LogP contribution in [0.25, 0.3) is 0 Å². The fourth-order valence-electron chi connectivity index (χ4n) is 1.97. The van der Waals surface area contributed by atoms with Gasteiger partial charge in [0.05, 0.1) is 13.2 Å². The fraction of sp³-hybridized carbons (Fsp3) is 0.188. The molecule has 22 heavy (non-hydrogen) atoms. The summed E-state index contributed by atoms with van der Waals surface area (Å²) < 4.78 is 5.15. The minimum absolute atomic E-state index is 0.0561. The van der Waals surface area contributed by atoms with Crippen LogP contribution in [0.15, 0.2) is 42.5 Å². The van der Waals surface area contributed by atoms with Crippen LogP contribution in [-0.2, 0) is 0 Å². The van der Waals surface area contributed by atoms with Crippen LogP contribution < -0.4 is 15.4 Å². The van der Waals surface area contributed by atoms with Gasteiger partial charge in [-0.1, -0.05) is 35.3 Å². The summed E-state index contributed by atoms with van der Waals surface area (Å²) >= 11 is 17.2. The Morgan fingerprint density at radius 1 is 1.09 bits per heavy atom. The van der Waals surface area contributed by atoms with Crippen molar-refractivity contribution in [3.05, 3.63) is 58.1 Å². The molecule has 116 valence electrons. The third-order valence-corrected chi connectivity index (χ3v) is 3.74. The van der Waals surface area contributed by atoms with E-state index in [-0.39, 0.29) is 6.04 Å². The first-order valence-electron chi connectivity index (χ1n) is 6.65. The van der Waals surface area contributed by atoms with E-state index in [4.69, 9.17) is 40.2 Å². The largest absolute Gasteiger partial charge is 0.497 e. The van der Waals surface area contributed by atoms with Gasteiger partial charge in [0.2, 0.25) is 0 Å². The van der Waals surface area contributed by atoms with Gasteiger partial charge >= 0.3 is 0 Å². The van der Waals surface area contributed by atoms with E-state index in [0.29, 0.717) is 15.2 Å². The Morgan fingerprint density at radius 3 is 2.23 bits per heavy atom. The molecule has 1 atom stereocenters. The number of anilines is 1. The molecule has 2 aromatic carbocycles. The second-order valence-corrected chi connectivity index (χ2v) is 6.03. The molecule has 0 aromatic heterocycles. The zero-order valence-electron chi connectivity index (χ0n) is 12.2. The summed E-state index contributed by atoms with van der Waals surface area (Å²) in [6, 6.07) is 13.1. The van der Waals surface area contributed by atoms with E-state index in [2.05, 4.69) is 10.6 Å². The molecule has 2 rings (SSSR count). The molecule has 2 aromatic rings.